The van der Waals surface area contributed by atoms with E-state index >= 15 is 0 Å². The molecule has 3 rings (SSSR count). The molecule has 4 nitrogen and oxygen atoms in total. The minimum absolute atomic E-state index is 0.797. The highest BCUT2D eigenvalue weighted by molar-refractivity contribution is 9.10. The maximum Gasteiger partial charge on any atom is 0.161 e. The van der Waals surface area contributed by atoms with Crippen LogP contribution in [0.5, 0.6) is 17.2 Å². The third-order valence-corrected chi connectivity index (χ3v) is 5.04. The molecule has 1 aliphatic rings. The first-order valence-corrected chi connectivity index (χ1v) is 8.72. The number of halogens is 1. The first-order valence-electron chi connectivity index (χ1n) is 7.93. The molecule has 0 unspecified atom stereocenters. The van der Waals surface area contributed by atoms with Gasteiger partial charge < -0.3 is 14.2 Å². The maximum atomic E-state index is 5.43. The Bertz CT molecular complexity index is 733. The van der Waals surface area contributed by atoms with Crippen molar-refractivity contribution in [1.82, 2.24) is 4.90 Å². The Labute approximate surface area is 151 Å². The van der Waals surface area contributed by atoms with Crippen molar-refractivity contribution >= 4 is 15.9 Å². The smallest absolute Gasteiger partial charge is 0.161 e. The lowest BCUT2D eigenvalue weighted by molar-refractivity contribution is 0.244. The van der Waals surface area contributed by atoms with E-state index in [0.717, 1.165) is 47.8 Å². The summed E-state index contributed by atoms with van der Waals surface area (Å²) < 4.78 is 17.1. The zero-order valence-electron chi connectivity index (χ0n) is 14.3. The Morgan fingerprint density at radius 3 is 2.21 bits per heavy atom. The largest absolute Gasteiger partial charge is 0.496 e. The zero-order chi connectivity index (χ0) is 17.1. The summed E-state index contributed by atoms with van der Waals surface area (Å²) in [7, 11) is 5.05. The Balaban J connectivity index is 1.76. The van der Waals surface area contributed by atoms with E-state index in [-0.39, 0.29) is 0 Å². The molecule has 2 aromatic carbocycles. The normalized spacial score (nSPS) is 14.2. The monoisotopic (exact) mass is 391 g/mol. The molecule has 0 bridgehead atoms. The highest BCUT2D eigenvalue weighted by atomic mass is 79.9. The molecule has 24 heavy (non-hydrogen) atoms. The molecular formula is C19H22BrNO3. The lowest BCUT2D eigenvalue weighted by atomic mass is 9.98. The number of methoxy groups -OCH3 is 3. The van der Waals surface area contributed by atoms with Crippen molar-refractivity contribution in [2.24, 2.45) is 0 Å². The molecule has 1 heterocycles. The quantitative estimate of drug-likeness (QED) is 0.769. The van der Waals surface area contributed by atoms with Gasteiger partial charge in [-0.3, -0.25) is 4.90 Å². The van der Waals surface area contributed by atoms with Crippen molar-refractivity contribution in [3.63, 3.8) is 0 Å². The summed E-state index contributed by atoms with van der Waals surface area (Å²) in [6.45, 7) is 2.86. The van der Waals surface area contributed by atoms with Crippen LogP contribution in [-0.2, 0) is 19.5 Å². The van der Waals surface area contributed by atoms with Crippen LogP contribution in [0.4, 0.5) is 0 Å². The van der Waals surface area contributed by atoms with Crippen molar-refractivity contribution in [3.05, 3.63) is 51.5 Å². The second-order valence-corrected chi connectivity index (χ2v) is 6.76. The van der Waals surface area contributed by atoms with E-state index in [0.29, 0.717) is 0 Å². The predicted molar refractivity (Wildman–Crippen MR) is 98.1 cm³/mol. The van der Waals surface area contributed by atoms with Gasteiger partial charge in [0.1, 0.15) is 5.75 Å². The molecule has 0 aromatic heterocycles. The molecule has 1 aliphatic heterocycles. The Hall–Kier alpha value is -1.72. The second-order valence-electron chi connectivity index (χ2n) is 5.91. The van der Waals surface area contributed by atoms with E-state index in [4.69, 9.17) is 14.2 Å². The van der Waals surface area contributed by atoms with Crippen LogP contribution >= 0.6 is 15.9 Å². The lowest BCUT2D eigenvalue weighted by Crippen LogP contribution is -2.30. The summed E-state index contributed by atoms with van der Waals surface area (Å²) in [6, 6.07) is 10.5. The molecule has 2 aromatic rings. The van der Waals surface area contributed by atoms with E-state index in [1.54, 1.807) is 21.3 Å². The van der Waals surface area contributed by atoms with Crippen LogP contribution in [-0.4, -0.2) is 32.8 Å². The SMILES string of the molecule is COc1ccc(CN2CCc3cc(OC)c(OC)cc3C2)cc1Br. The molecule has 5 heteroatoms. The van der Waals surface area contributed by atoms with Crippen LogP contribution in [0.3, 0.4) is 0 Å². The van der Waals surface area contributed by atoms with Gasteiger partial charge in [0.25, 0.3) is 0 Å². The van der Waals surface area contributed by atoms with E-state index in [1.165, 1.54) is 16.7 Å². The van der Waals surface area contributed by atoms with Crippen LogP contribution in [0.25, 0.3) is 0 Å². The minimum Gasteiger partial charge on any atom is -0.496 e. The highest BCUT2D eigenvalue weighted by Gasteiger charge is 2.19. The molecule has 0 fully saturated rings. The van der Waals surface area contributed by atoms with E-state index in [2.05, 4.69) is 45.1 Å². The molecule has 0 spiro atoms. The van der Waals surface area contributed by atoms with Gasteiger partial charge in [0, 0.05) is 19.6 Å². The molecule has 0 radical (unpaired) electrons. The van der Waals surface area contributed by atoms with Crippen molar-refractivity contribution in [3.8, 4) is 17.2 Å². The van der Waals surface area contributed by atoms with E-state index in [9.17, 15) is 0 Å². The molecular weight excluding hydrogens is 370 g/mol. The van der Waals surface area contributed by atoms with Crippen molar-refractivity contribution in [2.45, 2.75) is 19.5 Å². The zero-order valence-corrected chi connectivity index (χ0v) is 15.9. The first-order chi connectivity index (χ1) is 11.6. The van der Waals surface area contributed by atoms with E-state index < -0.39 is 0 Å². The summed E-state index contributed by atoms with van der Waals surface area (Å²) >= 11 is 3.56. The number of benzene rings is 2. The lowest BCUT2D eigenvalue weighted by Gasteiger charge is -2.29. The first kappa shape index (κ1) is 17.1. The Kier molecular flexibility index (Phi) is 5.31. The topological polar surface area (TPSA) is 30.9 Å². The van der Waals surface area contributed by atoms with Crippen LogP contribution in [0.2, 0.25) is 0 Å². The average molecular weight is 392 g/mol. The van der Waals surface area contributed by atoms with Crippen LogP contribution in [0.1, 0.15) is 16.7 Å². The van der Waals surface area contributed by atoms with Crippen LogP contribution in [0.15, 0.2) is 34.8 Å². The Morgan fingerprint density at radius 2 is 1.58 bits per heavy atom. The van der Waals surface area contributed by atoms with Crippen molar-refractivity contribution in [2.75, 3.05) is 27.9 Å². The second kappa shape index (κ2) is 7.45. The summed E-state index contributed by atoms with van der Waals surface area (Å²) in [6.07, 6.45) is 1.02. The van der Waals surface area contributed by atoms with Gasteiger partial charge in [-0.25, -0.2) is 0 Å². The van der Waals surface area contributed by atoms with Crippen molar-refractivity contribution in [1.29, 1.82) is 0 Å². The fraction of sp³-hybridized carbons (Fsp3) is 0.368. The van der Waals surface area contributed by atoms with Gasteiger partial charge in [-0.05, 0) is 63.3 Å². The number of ether oxygens (including phenoxy) is 3. The Morgan fingerprint density at radius 1 is 0.917 bits per heavy atom. The summed E-state index contributed by atoms with van der Waals surface area (Å²) in [5.41, 5.74) is 3.93. The fourth-order valence-corrected chi connectivity index (χ4v) is 3.73. The molecule has 0 aliphatic carbocycles. The van der Waals surface area contributed by atoms with Crippen LogP contribution in [0, 0.1) is 0 Å². The summed E-state index contributed by atoms with van der Waals surface area (Å²) in [4.78, 5) is 2.45. The van der Waals surface area contributed by atoms with Gasteiger partial charge in [-0.15, -0.1) is 0 Å². The van der Waals surface area contributed by atoms with Gasteiger partial charge in [0.05, 0.1) is 25.8 Å². The molecule has 0 N–H and O–H groups in total. The van der Waals surface area contributed by atoms with Gasteiger partial charge in [0.15, 0.2) is 11.5 Å². The third-order valence-electron chi connectivity index (χ3n) is 4.42. The summed E-state index contributed by atoms with van der Waals surface area (Å²) in [5, 5.41) is 0. The van der Waals surface area contributed by atoms with Gasteiger partial charge in [0.2, 0.25) is 0 Å². The van der Waals surface area contributed by atoms with Gasteiger partial charge >= 0.3 is 0 Å². The standard InChI is InChI=1S/C19H22BrNO3/c1-22-17-5-4-13(8-16(17)20)11-21-7-6-14-9-18(23-2)19(24-3)10-15(14)12-21/h4-5,8-10H,6-7,11-12H2,1-3H3. The fourth-order valence-electron chi connectivity index (χ4n) is 3.14. The number of hydrogen-bond acceptors (Lipinski definition) is 4. The summed E-state index contributed by atoms with van der Waals surface area (Å²) in [5.74, 6) is 2.47. The molecule has 0 saturated carbocycles. The highest BCUT2D eigenvalue weighted by Crippen LogP contribution is 2.34. The molecule has 128 valence electrons. The third kappa shape index (κ3) is 3.52. The van der Waals surface area contributed by atoms with Gasteiger partial charge in [-0.1, -0.05) is 6.07 Å². The number of hydrogen-bond donors (Lipinski definition) is 0. The number of nitrogens with zero attached hydrogens (tertiary/aromatic N) is 1. The predicted octanol–water partition coefficient (Wildman–Crippen LogP) is 4.03. The average Bonchev–Trinajstić information content (AvgIpc) is 2.60. The van der Waals surface area contributed by atoms with Crippen molar-refractivity contribution < 1.29 is 14.2 Å². The van der Waals surface area contributed by atoms with E-state index in [1.807, 2.05) is 6.07 Å². The number of fused-ring (bicyclic) bond motifs is 1. The molecule has 0 amide bonds. The minimum atomic E-state index is 0.797. The maximum absolute atomic E-state index is 5.43. The van der Waals surface area contributed by atoms with Crippen LogP contribution < -0.4 is 14.2 Å². The molecule has 0 saturated heterocycles. The molecule has 0 atom stereocenters. The number of rotatable bonds is 5. The van der Waals surface area contributed by atoms with Gasteiger partial charge in [-0.2, -0.15) is 0 Å².